The first-order valence-corrected chi connectivity index (χ1v) is 6.89. The highest BCUT2D eigenvalue weighted by atomic mass is 16.3. The molecule has 0 aromatic carbocycles. The number of aryl methyl sites for hydroxylation is 1. The SMILES string of the molecule is CCn1cc(NC(=O)CN2CCCCC(O)C2=O)cn1. The van der Waals surface area contributed by atoms with Crippen LogP contribution in [0.2, 0.25) is 0 Å². The highest BCUT2D eigenvalue weighted by molar-refractivity contribution is 5.94. The van der Waals surface area contributed by atoms with Crippen LogP contribution >= 0.6 is 0 Å². The van der Waals surface area contributed by atoms with Gasteiger partial charge in [0, 0.05) is 19.3 Å². The molecule has 7 nitrogen and oxygen atoms in total. The maximum Gasteiger partial charge on any atom is 0.251 e. The average Bonchev–Trinajstić information content (AvgIpc) is 2.82. The molecule has 20 heavy (non-hydrogen) atoms. The van der Waals surface area contributed by atoms with Crippen molar-refractivity contribution >= 4 is 17.5 Å². The van der Waals surface area contributed by atoms with Gasteiger partial charge in [-0.2, -0.15) is 5.10 Å². The number of hydrogen-bond donors (Lipinski definition) is 2. The molecule has 0 radical (unpaired) electrons. The Morgan fingerprint density at radius 1 is 1.55 bits per heavy atom. The van der Waals surface area contributed by atoms with Gasteiger partial charge in [0.25, 0.3) is 5.91 Å². The molecule has 2 N–H and O–H groups in total. The summed E-state index contributed by atoms with van der Waals surface area (Å²) in [4.78, 5) is 25.2. The van der Waals surface area contributed by atoms with Crippen molar-refractivity contribution in [2.75, 3.05) is 18.4 Å². The van der Waals surface area contributed by atoms with Gasteiger partial charge in [-0.1, -0.05) is 0 Å². The topological polar surface area (TPSA) is 87.5 Å². The van der Waals surface area contributed by atoms with Crippen LogP contribution in [0.15, 0.2) is 12.4 Å². The molecule has 1 fully saturated rings. The molecule has 110 valence electrons. The van der Waals surface area contributed by atoms with Gasteiger partial charge in [0.05, 0.1) is 18.4 Å². The summed E-state index contributed by atoms with van der Waals surface area (Å²) in [7, 11) is 0. The molecular weight excluding hydrogens is 260 g/mol. The standard InChI is InChI=1S/C13H20N4O3/c1-2-17-8-10(7-14-17)15-12(19)9-16-6-4-3-5-11(18)13(16)20/h7-8,11,18H,2-6,9H2,1H3,(H,15,19). The number of anilines is 1. The van der Waals surface area contributed by atoms with E-state index in [9.17, 15) is 14.7 Å². The second-order valence-corrected chi connectivity index (χ2v) is 4.90. The van der Waals surface area contributed by atoms with Crippen LogP contribution in [0.4, 0.5) is 5.69 Å². The highest BCUT2D eigenvalue weighted by Crippen LogP contribution is 2.12. The van der Waals surface area contributed by atoms with E-state index in [1.807, 2.05) is 6.92 Å². The van der Waals surface area contributed by atoms with Crippen LogP contribution in [0.1, 0.15) is 26.2 Å². The molecule has 0 aliphatic carbocycles. The lowest BCUT2D eigenvalue weighted by atomic mass is 10.2. The molecule has 0 saturated carbocycles. The number of likely N-dealkylation sites (tertiary alicyclic amines) is 1. The molecule has 1 aromatic heterocycles. The third kappa shape index (κ3) is 3.57. The van der Waals surface area contributed by atoms with E-state index in [4.69, 9.17) is 0 Å². The van der Waals surface area contributed by atoms with E-state index >= 15 is 0 Å². The molecular formula is C13H20N4O3. The molecule has 2 rings (SSSR count). The van der Waals surface area contributed by atoms with Crippen molar-refractivity contribution in [1.82, 2.24) is 14.7 Å². The Kier molecular flexibility index (Phi) is 4.73. The van der Waals surface area contributed by atoms with Gasteiger partial charge in [0.15, 0.2) is 0 Å². The first kappa shape index (κ1) is 14.5. The first-order valence-electron chi connectivity index (χ1n) is 6.89. The number of aromatic nitrogens is 2. The van der Waals surface area contributed by atoms with Crippen molar-refractivity contribution in [1.29, 1.82) is 0 Å². The summed E-state index contributed by atoms with van der Waals surface area (Å²) >= 11 is 0. The Morgan fingerprint density at radius 3 is 3.05 bits per heavy atom. The van der Waals surface area contributed by atoms with Crippen LogP contribution in [0.3, 0.4) is 0 Å². The molecule has 1 aromatic rings. The van der Waals surface area contributed by atoms with Gasteiger partial charge in [-0.25, -0.2) is 0 Å². The quantitative estimate of drug-likeness (QED) is 0.825. The van der Waals surface area contributed by atoms with Gasteiger partial charge in [0.2, 0.25) is 5.91 Å². The Morgan fingerprint density at radius 2 is 2.35 bits per heavy atom. The third-order valence-corrected chi connectivity index (χ3v) is 3.33. The second-order valence-electron chi connectivity index (χ2n) is 4.90. The Labute approximate surface area is 117 Å². The number of aliphatic hydroxyl groups excluding tert-OH is 1. The highest BCUT2D eigenvalue weighted by Gasteiger charge is 2.26. The Bertz CT molecular complexity index is 486. The number of aliphatic hydroxyl groups is 1. The number of nitrogens with one attached hydrogen (secondary N) is 1. The minimum absolute atomic E-state index is 0.0345. The third-order valence-electron chi connectivity index (χ3n) is 3.33. The van der Waals surface area contributed by atoms with Gasteiger partial charge in [-0.05, 0) is 26.2 Å². The molecule has 7 heteroatoms. The van der Waals surface area contributed by atoms with Crippen molar-refractivity contribution in [3.8, 4) is 0 Å². The van der Waals surface area contributed by atoms with Crippen molar-refractivity contribution in [3.63, 3.8) is 0 Å². The van der Waals surface area contributed by atoms with E-state index in [2.05, 4.69) is 10.4 Å². The van der Waals surface area contributed by atoms with E-state index in [1.54, 1.807) is 17.1 Å². The summed E-state index contributed by atoms with van der Waals surface area (Å²) in [6, 6.07) is 0. The molecule has 2 amide bonds. The number of amides is 2. The van der Waals surface area contributed by atoms with Crippen molar-refractivity contribution in [2.24, 2.45) is 0 Å². The van der Waals surface area contributed by atoms with Gasteiger partial charge < -0.3 is 15.3 Å². The van der Waals surface area contributed by atoms with E-state index in [-0.39, 0.29) is 18.4 Å². The summed E-state index contributed by atoms with van der Waals surface area (Å²) in [5.41, 5.74) is 0.611. The summed E-state index contributed by atoms with van der Waals surface area (Å²) in [6.07, 6.45) is 4.41. The van der Waals surface area contributed by atoms with Gasteiger partial charge in [-0.15, -0.1) is 0 Å². The molecule has 1 aliphatic rings. The summed E-state index contributed by atoms with van der Waals surface area (Å²) < 4.78 is 1.70. The van der Waals surface area contributed by atoms with Crippen LogP contribution in [0.25, 0.3) is 0 Å². The van der Waals surface area contributed by atoms with E-state index in [0.29, 0.717) is 18.7 Å². The van der Waals surface area contributed by atoms with Crippen LogP contribution < -0.4 is 5.32 Å². The average molecular weight is 280 g/mol. The van der Waals surface area contributed by atoms with E-state index in [0.717, 1.165) is 19.4 Å². The zero-order valence-corrected chi connectivity index (χ0v) is 11.6. The zero-order chi connectivity index (χ0) is 14.5. The van der Waals surface area contributed by atoms with Crippen molar-refractivity contribution in [2.45, 2.75) is 38.8 Å². The van der Waals surface area contributed by atoms with Gasteiger partial charge in [0.1, 0.15) is 6.10 Å². The lowest BCUT2D eigenvalue weighted by molar-refractivity contribution is -0.141. The molecule has 1 aliphatic heterocycles. The molecule has 0 spiro atoms. The Hall–Kier alpha value is -1.89. The lowest BCUT2D eigenvalue weighted by Gasteiger charge is -2.21. The molecule has 1 unspecified atom stereocenters. The zero-order valence-electron chi connectivity index (χ0n) is 11.6. The van der Waals surface area contributed by atoms with Crippen molar-refractivity contribution < 1.29 is 14.7 Å². The van der Waals surface area contributed by atoms with Gasteiger partial charge >= 0.3 is 0 Å². The molecule has 0 bridgehead atoms. The maximum absolute atomic E-state index is 11.9. The van der Waals surface area contributed by atoms with Crippen LogP contribution in [-0.4, -0.2) is 50.8 Å². The predicted molar refractivity (Wildman–Crippen MR) is 73.0 cm³/mol. The number of hydrogen-bond acceptors (Lipinski definition) is 4. The monoisotopic (exact) mass is 280 g/mol. The molecule has 1 atom stereocenters. The molecule has 2 heterocycles. The van der Waals surface area contributed by atoms with Crippen LogP contribution in [0, 0.1) is 0 Å². The summed E-state index contributed by atoms with van der Waals surface area (Å²) in [6.45, 7) is 3.16. The van der Waals surface area contributed by atoms with Crippen LogP contribution in [0.5, 0.6) is 0 Å². The fourth-order valence-corrected chi connectivity index (χ4v) is 2.22. The number of carbonyl (C=O) groups excluding carboxylic acids is 2. The fourth-order valence-electron chi connectivity index (χ4n) is 2.22. The van der Waals surface area contributed by atoms with Crippen LogP contribution in [-0.2, 0) is 16.1 Å². The minimum Gasteiger partial charge on any atom is -0.383 e. The first-order chi connectivity index (χ1) is 9.60. The predicted octanol–water partition coefficient (Wildman–Crippen LogP) is 0.215. The second kappa shape index (κ2) is 6.51. The smallest absolute Gasteiger partial charge is 0.251 e. The molecule has 1 saturated heterocycles. The summed E-state index contributed by atoms with van der Waals surface area (Å²) in [5.74, 6) is -0.634. The maximum atomic E-state index is 11.9. The lowest BCUT2D eigenvalue weighted by Crippen LogP contribution is -2.42. The number of rotatable bonds is 4. The number of nitrogens with zero attached hydrogens (tertiary/aromatic N) is 3. The normalized spacial score (nSPS) is 19.8. The number of carbonyl (C=O) groups is 2. The Balaban J connectivity index is 1.91. The largest absolute Gasteiger partial charge is 0.383 e. The van der Waals surface area contributed by atoms with Crippen molar-refractivity contribution in [3.05, 3.63) is 12.4 Å². The van der Waals surface area contributed by atoms with E-state index in [1.165, 1.54) is 4.90 Å². The van der Waals surface area contributed by atoms with E-state index < -0.39 is 6.10 Å². The summed E-state index contributed by atoms with van der Waals surface area (Å²) in [5, 5.41) is 16.4. The minimum atomic E-state index is -0.979. The van der Waals surface area contributed by atoms with Gasteiger partial charge in [-0.3, -0.25) is 14.3 Å². The fraction of sp³-hybridized carbons (Fsp3) is 0.615.